The molecular formula is C27H30FN3O4S. The van der Waals surface area contributed by atoms with E-state index in [0.29, 0.717) is 0 Å². The summed E-state index contributed by atoms with van der Waals surface area (Å²) >= 11 is 0. The first-order valence-electron chi connectivity index (χ1n) is 11.4. The first-order valence-corrected chi connectivity index (χ1v) is 13.3. The zero-order valence-corrected chi connectivity index (χ0v) is 21.3. The molecule has 1 atom stereocenters. The standard InChI is InChI=1S/C27H30FN3O4S/c1-20-13-15-22(16-14-20)18-30(25(27(33)29-2)17-21-9-5-4-6-10-21)26(32)19-31(36(3,34)35)24-12-8-7-11-23(24)28/h4-16,25H,17-19H2,1-3H3,(H,29,33)/t25-/m1/s1. The van der Waals surface area contributed by atoms with Crippen molar-refractivity contribution in [3.05, 3.63) is 101 Å². The van der Waals surface area contributed by atoms with Crippen molar-refractivity contribution in [2.75, 3.05) is 24.2 Å². The molecule has 0 saturated heterocycles. The van der Waals surface area contributed by atoms with Crippen LogP contribution in [-0.2, 0) is 32.6 Å². The number of rotatable bonds is 10. The van der Waals surface area contributed by atoms with Crippen LogP contribution in [0.1, 0.15) is 16.7 Å². The van der Waals surface area contributed by atoms with Crippen molar-refractivity contribution in [1.82, 2.24) is 10.2 Å². The Kier molecular flexibility index (Phi) is 8.82. The highest BCUT2D eigenvalue weighted by atomic mass is 32.2. The molecule has 36 heavy (non-hydrogen) atoms. The van der Waals surface area contributed by atoms with Crippen LogP contribution >= 0.6 is 0 Å². The number of nitrogens with zero attached hydrogens (tertiary/aromatic N) is 2. The fraction of sp³-hybridized carbons (Fsp3) is 0.259. The minimum absolute atomic E-state index is 0.0684. The minimum atomic E-state index is -4.01. The number of hydrogen-bond acceptors (Lipinski definition) is 4. The van der Waals surface area contributed by atoms with Crippen LogP contribution in [0.3, 0.4) is 0 Å². The molecule has 0 aliphatic heterocycles. The molecule has 7 nitrogen and oxygen atoms in total. The zero-order valence-electron chi connectivity index (χ0n) is 20.5. The molecule has 0 radical (unpaired) electrons. The van der Waals surface area contributed by atoms with Gasteiger partial charge in [0.1, 0.15) is 18.4 Å². The Hall–Kier alpha value is -3.72. The van der Waals surface area contributed by atoms with Crippen LogP contribution in [0.25, 0.3) is 0 Å². The van der Waals surface area contributed by atoms with Gasteiger partial charge in [-0.3, -0.25) is 13.9 Å². The molecule has 1 N–H and O–H groups in total. The molecule has 0 unspecified atom stereocenters. The lowest BCUT2D eigenvalue weighted by Gasteiger charge is -2.33. The summed E-state index contributed by atoms with van der Waals surface area (Å²) in [5.74, 6) is -1.79. The van der Waals surface area contributed by atoms with Gasteiger partial charge in [0.05, 0.1) is 11.9 Å². The third kappa shape index (κ3) is 6.91. The third-order valence-corrected chi connectivity index (χ3v) is 6.92. The van der Waals surface area contributed by atoms with Crippen molar-refractivity contribution < 1.29 is 22.4 Å². The molecular weight excluding hydrogens is 481 g/mol. The Balaban J connectivity index is 2.03. The number of nitrogens with one attached hydrogen (secondary N) is 1. The lowest BCUT2D eigenvalue weighted by atomic mass is 10.0. The van der Waals surface area contributed by atoms with Gasteiger partial charge in [-0.2, -0.15) is 0 Å². The molecule has 190 valence electrons. The van der Waals surface area contributed by atoms with E-state index in [1.807, 2.05) is 61.5 Å². The molecule has 0 fully saturated rings. The number of hydrogen-bond donors (Lipinski definition) is 1. The maximum absolute atomic E-state index is 14.5. The summed E-state index contributed by atoms with van der Waals surface area (Å²) in [5, 5.41) is 2.62. The molecule has 3 aromatic carbocycles. The first-order chi connectivity index (χ1) is 17.1. The number of carbonyl (C=O) groups excluding carboxylic acids is 2. The van der Waals surface area contributed by atoms with E-state index in [1.165, 1.54) is 30.1 Å². The Bertz CT molecular complexity index is 1300. The number of benzene rings is 3. The van der Waals surface area contributed by atoms with Crippen LogP contribution in [0.5, 0.6) is 0 Å². The minimum Gasteiger partial charge on any atom is -0.357 e. The summed E-state index contributed by atoms with van der Waals surface area (Å²) in [6.07, 6.45) is 1.13. The molecule has 3 rings (SSSR count). The van der Waals surface area contributed by atoms with Crippen LogP contribution in [-0.4, -0.2) is 51.0 Å². The van der Waals surface area contributed by atoms with Crippen molar-refractivity contribution in [3.8, 4) is 0 Å². The Labute approximate surface area is 211 Å². The van der Waals surface area contributed by atoms with Crippen LogP contribution in [0, 0.1) is 12.7 Å². The topological polar surface area (TPSA) is 86.8 Å². The number of halogens is 1. The number of amides is 2. The number of para-hydroxylation sites is 1. The quantitative estimate of drug-likeness (QED) is 0.453. The molecule has 9 heteroatoms. The van der Waals surface area contributed by atoms with Gasteiger partial charge in [0.25, 0.3) is 0 Å². The summed E-state index contributed by atoms with van der Waals surface area (Å²) in [7, 11) is -2.53. The molecule has 0 saturated carbocycles. The lowest BCUT2D eigenvalue weighted by molar-refractivity contribution is -0.139. The first kappa shape index (κ1) is 26.9. The SMILES string of the molecule is CNC(=O)[C@@H](Cc1ccccc1)N(Cc1ccc(C)cc1)C(=O)CN(c1ccccc1F)S(C)(=O)=O. The Morgan fingerprint density at radius 3 is 2.11 bits per heavy atom. The van der Waals surface area contributed by atoms with Gasteiger partial charge in [0.2, 0.25) is 21.8 Å². The van der Waals surface area contributed by atoms with Gasteiger partial charge in [-0.15, -0.1) is 0 Å². The zero-order chi connectivity index (χ0) is 26.3. The van der Waals surface area contributed by atoms with E-state index in [9.17, 15) is 22.4 Å². The number of likely N-dealkylation sites (N-methyl/N-ethyl adjacent to an activating group) is 1. The second-order valence-corrected chi connectivity index (χ2v) is 10.5. The van der Waals surface area contributed by atoms with Crippen LogP contribution in [0.4, 0.5) is 10.1 Å². The maximum Gasteiger partial charge on any atom is 0.244 e. The summed E-state index contributed by atoms with van der Waals surface area (Å²) in [6.45, 7) is 1.35. The predicted octanol–water partition coefficient (Wildman–Crippen LogP) is 3.29. The molecule has 0 spiro atoms. The number of carbonyl (C=O) groups is 2. The number of sulfonamides is 1. The predicted molar refractivity (Wildman–Crippen MR) is 138 cm³/mol. The van der Waals surface area contributed by atoms with Gasteiger partial charge in [0, 0.05) is 20.0 Å². The van der Waals surface area contributed by atoms with Crippen molar-refractivity contribution in [2.24, 2.45) is 0 Å². The van der Waals surface area contributed by atoms with E-state index in [4.69, 9.17) is 0 Å². The average Bonchev–Trinajstić information content (AvgIpc) is 2.85. The number of aryl methyl sites for hydroxylation is 1. The largest absolute Gasteiger partial charge is 0.357 e. The van der Waals surface area contributed by atoms with Crippen LogP contribution < -0.4 is 9.62 Å². The molecule has 0 aliphatic carbocycles. The second kappa shape index (κ2) is 11.8. The van der Waals surface area contributed by atoms with Crippen molar-refractivity contribution in [2.45, 2.75) is 25.9 Å². The highest BCUT2D eigenvalue weighted by Gasteiger charge is 2.33. The molecule has 2 amide bonds. The Morgan fingerprint density at radius 1 is 0.917 bits per heavy atom. The monoisotopic (exact) mass is 511 g/mol. The molecule has 0 aliphatic rings. The van der Waals surface area contributed by atoms with E-state index in [-0.39, 0.29) is 18.7 Å². The van der Waals surface area contributed by atoms with Crippen molar-refractivity contribution >= 4 is 27.5 Å². The van der Waals surface area contributed by atoms with E-state index >= 15 is 0 Å². The number of anilines is 1. The summed E-state index contributed by atoms with van der Waals surface area (Å²) in [4.78, 5) is 28.1. The van der Waals surface area contributed by atoms with Gasteiger partial charge >= 0.3 is 0 Å². The van der Waals surface area contributed by atoms with Crippen LogP contribution in [0.2, 0.25) is 0 Å². The van der Waals surface area contributed by atoms with E-state index in [0.717, 1.165) is 33.3 Å². The maximum atomic E-state index is 14.5. The molecule has 0 bridgehead atoms. The highest BCUT2D eigenvalue weighted by Crippen LogP contribution is 2.23. The fourth-order valence-corrected chi connectivity index (χ4v) is 4.71. The second-order valence-electron chi connectivity index (χ2n) is 8.55. The molecule has 0 heterocycles. The fourth-order valence-electron chi connectivity index (χ4n) is 3.86. The smallest absolute Gasteiger partial charge is 0.244 e. The lowest BCUT2D eigenvalue weighted by Crippen LogP contribution is -2.53. The summed E-state index contributed by atoms with van der Waals surface area (Å²) in [5.41, 5.74) is 2.41. The van der Waals surface area contributed by atoms with Gasteiger partial charge in [0.15, 0.2) is 0 Å². The van der Waals surface area contributed by atoms with Gasteiger partial charge in [-0.1, -0.05) is 72.3 Å². The normalized spacial score (nSPS) is 12.0. The van der Waals surface area contributed by atoms with Crippen LogP contribution in [0.15, 0.2) is 78.9 Å². The van der Waals surface area contributed by atoms with Crippen molar-refractivity contribution in [1.29, 1.82) is 0 Å². The third-order valence-electron chi connectivity index (χ3n) is 5.79. The van der Waals surface area contributed by atoms with Gasteiger partial charge in [-0.25, -0.2) is 12.8 Å². The summed E-state index contributed by atoms with van der Waals surface area (Å²) in [6, 6.07) is 21.2. The van der Waals surface area contributed by atoms with Crippen molar-refractivity contribution in [3.63, 3.8) is 0 Å². The van der Waals surface area contributed by atoms with E-state index in [1.54, 1.807) is 0 Å². The van der Waals surface area contributed by atoms with E-state index < -0.39 is 40.2 Å². The Morgan fingerprint density at radius 2 is 1.53 bits per heavy atom. The average molecular weight is 512 g/mol. The van der Waals surface area contributed by atoms with E-state index in [2.05, 4.69) is 5.32 Å². The highest BCUT2D eigenvalue weighted by molar-refractivity contribution is 7.92. The van der Waals surface area contributed by atoms with Gasteiger partial charge in [-0.05, 0) is 30.2 Å². The summed E-state index contributed by atoms with van der Waals surface area (Å²) < 4.78 is 40.5. The van der Waals surface area contributed by atoms with Gasteiger partial charge < -0.3 is 10.2 Å². The molecule has 3 aromatic rings. The molecule has 0 aromatic heterocycles.